The van der Waals surface area contributed by atoms with Crippen LogP contribution in [0.3, 0.4) is 0 Å². The van der Waals surface area contributed by atoms with E-state index >= 15 is 0 Å². The number of benzene rings is 3. The molecule has 162 valence electrons. The van der Waals surface area contributed by atoms with Crippen LogP contribution < -0.4 is 10.1 Å². The van der Waals surface area contributed by atoms with Gasteiger partial charge < -0.3 is 10.1 Å². The first kappa shape index (κ1) is 22.4. The topological polar surface area (TPSA) is 38.3 Å². The molecule has 31 heavy (non-hydrogen) atoms. The van der Waals surface area contributed by atoms with Crippen molar-refractivity contribution in [3.8, 4) is 5.75 Å². The number of alkyl halides is 3. The summed E-state index contributed by atoms with van der Waals surface area (Å²) >= 11 is 0. The standard InChI is InChI=1S/C25H24F3NO2/c1-17(2)23-19(24(30)29-21-13-7-6-12-20(21)25(26,27)28)11-8-14-22(23)31-16-15-18-9-4-3-5-10-18/h3-14,17H,15-16H2,1-2H3,(H,29,30). The highest BCUT2D eigenvalue weighted by Crippen LogP contribution is 2.36. The number of para-hydroxylation sites is 1. The molecule has 3 aromatic carbocycles. The Labute approximate surface area is 179 Å². The highest BCUT2D eigenvalue weighted by molar-refractivity contribution is 6.06. The van der Waals surface area contributed by atoms with Crippen LogP contribution in [0.15, 0.2) is 72.8 Å². The second-order valence-electron chi connectivity index (χ2n) is 7.45. The Morgan fingerprint density at radius 1 is 0.935 bits per heavy atom. The lowest BCUT2D eigenvalue weighted by molar-refractivity contribution is -0.136. The van der Waals surface area contributed by atoms with Gasteiger partial charge in [-0.3, -0.25) is 4.79 Å². The number of hydrogen-bond donors (Lipinski definition) is 1. The van der Waals surface area contributed by atoms with E-state index in [1.807, 2.05) is 44.2 Å². The molecular formula is C25H24F3NO2. The van der Waals surface area contributed by atoms with E-state index in [-0.39, 0.29) is 11.6 Å². The van der Waals surface area contributed by atoms with Crippen molar-refractivity contribution in [2.45, 2.75) is 32.4 Å². The minimum Gasteiger partial charge on any atom is -0.493 e. The molecule has 0 spiro atoms. The van der Waals surface area contributed by atoms with E-state index in [0.29, 0.717) is 29.9 Å². The van der Waals surface area contributed by atoms with Gasteiger partial charge in [-0.05, 0) is 35.7 Å². The number of hydrogen-bond acceptors (Lipinski definition) is 2. The van der Waals surface area contributed by atoms with E-state index in [9.17, 15) is 18.0 Å². The van der Waals surface area contributed by atoms with Gasteiger partial charge in [0.2, 0.25) is 0 Å². The first-order valence-electron chi connectivity index (χ1n) is 10.0. The van der Waals surface area contributed by atoms with E-state index in [4.69, 9.17) is 4.74 Å². The van der Waals surface area contributed by atoms with E-state index in [1.54, 1.807) is 18.2 Å². The number of anilines is 1. The molecular weight excluding hydrogens is 403 g/mol. The lowest BCUT2D eigenvalue weighted by Crippen LogP contribution is -2.19. The van der Waals surface area contributed by atoms with E-state index in [0.717, 1.165) is 11.6 Å². The predicted octanol–water partition coefficient (Wildman–Crippen LogP) is 6.70. The van der Waals surface area contributed by atoms with E-state index in [1.165, 1.54) is 18.2 Å². The smallest absolute Gasteiger partial charge is 0.418 e. The zero-order valence-corrected chi connectivity index (χ0v) is 17.4. The third-order valence-electron chi connectivity index (χ3n) is 4.86. The number of rotatable bonds is 7. The van der Waals surface area contributed by atoms with Crippen LogP contribution in [0.4, 0.5) is 18.9 Å². The summed E-state index contributed by atoms with van der Waals surface area (Å²) in [6, 6.07) is 19.9. The molecule has 3 nitrogen and oxygen atoms in total. The minimum atomic E-state index is -4.56. The zero-order chi connectivity index (χ0) is 22.4. The zero-order valence-electron chi connectivity index (χ0n) is 17.4. The van der Waals surface area contributed by atoms with Crippen molar-refractivity contribution in [2.75, 3.05) is 11.9 Å². The van der Waals surface area contributed by atoms with Crippen LogP contribution in [0.25, 0.3) is 0 Å². The van der Waals surface area contributed by atoms with Crippen molar-refractivity contribution in [3.63, 3.8) is 0 Å². The number of halogens is 3. The molecule has 0 bridgehead atoms. The Morgan fingerprint density at radius 3 is 2.29 bits per heavy atom. The summed E-state index contributed by atoms with van der Waals surface area (Å²) in [5, 5.41) is 2.42. The van der Waals surface area contributed by atoms with Crippen LogP contribution >= 0.6 is 0 Å². The molecule has 1 N–H and O–H groups in total. The molecule has 0 unspecified atom stereocenters. The Hall–Kier alpha value is -3.28. The lowest BCUT2D eigenvalue weighted by atomic mass is 9.95. The minimum absolute atomic E-state index is 0.0634. The summed E-state index contributed by atoms with van der Waals surface area (Å²) in [6.07, 6.45) is -3.86. The second-order valence-corrected chi connectivity index (χ2v) is 7.45. The quantitative estimate of drug-likeness (QED) is 0.455. The van der Waals surface area contributed by atoms with Crippen LogP contribution in [-0.4, -0.2) is 12.5 Å². The summed E-state index contributed by atoms with van der Waals surface area (Å²) in [4.78, 5) is 12.9. The van der Waals surface area contributed by atoms with Crippen molar-refractivity contribution < 1.29 is 22.7 Å². The van der Waals surface area contributed by atoms with Gasteiger partial charge in [0.05, 0.1) is 17.9 Å². The molecule has 1 amide bonds. The molecule has 0 radical (unpaired) electrons. The Balaban J connectivity index is 1.83. The van der Waals surface area contributed by atoms with E-state index in [2.05, 4.69) is 5.32 Å². The average Bonchev–Trinajstić information content (AvgIpc) is 2.73. The molecule has 0 heterocycles. The molecule has 6 heteroatoms. The van der Waals surface area contributed by atoms with Gasteiger partial charge in [-0.2, -0.15) is 13.2 Å². The summed E-state index contributed by atoms with van der Waals surface area (Å²) in [6.45, 7) is 4.26. The van der Waals surface area contributed by atoms with Gasteiger partial charge in [-0.1, -0.05) is 62.4 Å². The Morgan fingerprint density at radius 2 is 1.61 bits per heavy atom. The second kappa shape index (κ2) is 9.69. The number of nitrogens with one attached hydrogen (secondary N) is 1. The van der Waals surface area contributed by atoms with Gasteiger partial charge in [0.1, 0.15) is 5.75 Å². The summed E-state index contributed by atoms with van der Waals surface area (Å²) in [7, 11) is 0. The molecule has 0 aliphatic rings. The molecule has 0 saturated carbocycles. The number of ether oxygens (including phenoxy) is 1. The van der Waals surface area contributed by atoms with Crippen LogP contribution in [0.1, 0.15) is 46.8 Å². The van der Waals surface area contributed by atoms with Gasteiger partial charge in [0, 0.05) is 17.5 Å². The van der Waals surface area contributed by atoms with Gasteiger partial charge in [0.15, 0.2) is 0 Å². The predicted molar refractivity (Wildman–Crippen MR) is 116 cm³/mol. The fraction of sp³-hybridized carbons (Fsp3) is 0.240. The molecule has 0 aromatic heterocycles. The molecule has 0 aliphatic heterocycles. The van der Waals surface area contributed by atoms with Crippen LogP contribution in [0.2, 0.25) is 0 Å². The average molecular weight is 427 g/mol. The first-order chi connectivity index (χ1) is 14.8. The molecule has 0 aliphatic carbocycles. The highest BCUT2D eigenvalue weighted by atomic mass is 19.4. The highest BCUT2D eigenvalue weighted by Gasteiger charge is 2.33. The SMILES string of the molecule is CC(C)c1c(OCCc2ccccc2)cccc1C(=O)Nc1ccccc1C(F)(F)F. The van der Waals surface area contributed by atoms with Crippen LogP contribution in [-0.2, 0) is 12.6 Å². The maximum absolute atomic E-state index is 13.3. The van der Waals surface area contributed by atoms with E-state index < -0.39 is 17.6 Å². The van der Waals surface area contributed by atoms with Crippen molar-refractivity contribution in [1.29, 1.82) is 0 Å². The number of carbonyl (C=O) groups is 1. The van der Waals surface area contributed by atoms with Gasteiger partial charge in [0.25, 0.3) is 5.91 Å². The lowest BCUT2D eigenvalue weighted by Gasteiger charge is -2.19. The largest absolute Gasteiger partial charge is 0.493 e. The number of amides is 1. The maximum Gasteiger partial charge on any atom is 0.418 e. The van der Waals surface area contributed by atoms with Crippen molar-refractivity contribution in [3.05, 3.63) is 95.1 Å². The third kappa shape index (κ3) is 5.66. The fourth-order valence-corrected chi connectivity index (χ4v) is 3.42. The molecule has 3 rings (SSSR count). The summed E-state index contributed by atoms with van der Waals surface area (Å²) < 4.78 is 45.8. The van der Waals surface area contributed by atoms with Crippen molar-refractivity contribution in [1.82, 2.24) is 0 Å². The third-order valence-corrected chi connectivity index (χ3v) is 4.86. The van der Waals surface area contributed by atoms with Crippen LogP contribution in [0.5, 0.6) is 5.75 Å². The molecule has 3 aromatic rings. The van der Waals surface area contributed by atoms with Crippen molar-refractivity contribution >= 4 is 11.6 Å². The first-order valence-corrected chi connectivity index (χ1v) is 10.0. The Bertz CT molecular complexity index is 1030. The monoisotopic (exact) mass is 427 g/mol. The summed E-state index contributed by atoms with van der Waals surface area (Å²) in [5.74, 6) is -0.108. The Kier molecular flexibility index (Phi) is 7.00. The molecule has 0 saturated heterocycles. The van der Waals surface area contributed by atoms with Gasteiger partial charge in [-0.15, -0.1) is 0 Å². The fourth-order valence-electron chi connectivity index (χ4n) is 3.42. The van der Waals surface area contributed by atoms with Gasteiger partial charge in [-0.25, -0.2) is 0 Å². The normalized spacial score (nSPS) is 11.4. The van der Waals surface area contributed by atoms with Gasteiger partial charge >= 0.3 is 6.18 Å². The maximum atomic E-state index is 13.3. The summed E-state index contributed by atoms with van der Waals surface area (Å²) in [5.41, 5.74) is 0.933. The number of carbonyl (C=O) groups excluding carboxylic acids is 1. The van der Waals surface area contributed by atoms with Crippen LogP contribution in [0, 0.1) is 0 Å². The molecule has 0 atom stereocenters. The van der Waals surface area contributed by atoms with Crippen molar-refractivity contribution in [2.24, 2.45) is 0 Å². The molecule has 0 fully saturated rings.